The van der Waals surface area contributed by atoms with Crippen LogP contribution >= 0.6 is 0 Å². The summed E-state index contributed by atoms with van der Waals surface area (Å²) in [5.74, 6) is -1.49. The highest BCUT2D eigenvalue weighted by atomic mass is 16.7. The minimum absolute atomic E-state index is 0.113. The minimum Gasteiger partial charge on any atom is -0.343 e. The summed E-state index contributed by atoms with van der Waals surface area (Å²) in [7, 11) is 1.60. The van der Waals surface area contributed by atoms with E-state index in [0.29, 0.717) is 58.0 Å². The number of rotatable bonds is 12. The number of nitrogens with one attached hydrogen (secondary N) is 3. The van der Waals surface area contributed by atoms with Crippen molar-refractivity contribution in [2.24, 2.45) is 5.92 Å². The van der Waals surface area contributed by atoms with Crippen LogP contribution < -0.4 is 21.0 Å². The molecule has 3 N–H and O–H groups in total. The van der Waals surface area contributed by atoms with Gasteiger partial charge >= 0.3 is 0 Å². The molecule has 3 heterocycles. The van der Waals surface area contributed by atoms with E-state index in [1.165, 1.54) is 0 Å². The first-order valence-corrected chi connectivity index (χ1v) is 16.8. The molecule has 2 saturated heterocycles. The van der Waals surface area contributed by atoms with Crippen molar-refractivity contribution in [2.75, 3.05) is 25.3 Å². The highest BCUT2D eigenvalue weighted by molar-refractivity contribution is 5.97. The molecule has 3 aliphatic heterocycles. The average Bonchev–Trinajstić information content (AvgIpc) is 3.41. The number of ketones is 1. The number of piperidine rings is 1. The van der Waals surface area contributed by atoms with Gasteiger partial charge in [-0.25, -0.2) is 0 Å². The molecule has 11 heteroatoms. The molecule has 1 aromatic rings. The monoisotopic (exact) mass is 625 g/mol. The Bertz CT molecular complexity index is 1220. The summed E-state index contributed by atoms with van der Waals surface area (Å²) in [5, 5.41) is 10.7. The smallest absolute Gasteiger partial charge is 0.246 e. The number of hydrogen-bond acceptors (Lipinski definition) is 7. The third-order valence-electron chi connectivity index (χ3n) is 9.75. The lowest BCUT2D eigenvalue weighted by molar-refractivity contribution is -0.147. The Hall–Kier alpha value is -3.47. The number of fused-ring (bicyclic) bond motifs is 2. The van der Waals surface area contributed by atoms with E-state index in [-0.39, 0.29) is 29.4 Å². The molecule has 11 nitrogen and oxygen atoms in total. The summed E-state index contributed by atoms with van der Waals surface area (Å²) in [6.45, 7) is 6.68. The molecule has 0 radical (unpaired) electrons. The highest BCUT2D eigenvalue weighted by Gasteiger charge is 2.42. The summed E-state index contributed by atoms with van der Waals surface area (Å²) in [6.07, 6.45) is 6.50. The molecule has 0 spiro atoms. The number of benzene rings is 1. The van der Waals surface area contributed by atoms with Crippen molar-refractivity contribution in [1.82, 2.24) is 20.9 Å². The Balaban J connectivity index is 1.62. The summed E-state index contributed by atoms with van der Waals surface area (Å²) in [6, 6.07) is 4.51. The number of anilines is 1. The van der Waals surface area contributed by atoms with Gasteiger partial charge in [-0.15, -0.1) is 0 Å². The number of hydroxylamine groups is 1. The van der Waals surface area contributed by atoms with Crippen molar-refractivity contribution in [3.63, 3.8) is 0 Å². The van der Waals surface area contributed by atoms with Gasteiger partial charge in [0.25, 0.3) is 0 Å². The second-order valence-electron chi connectivity index (χ2n) is 12.8. The molecule has 4 amide bonds. The van der Waals surface area contributed by atoms with Crippen LogP contribution in [-0.2, 0) is 28.8 Å². The van der Waals surface area contributed by atoms with E-state index < -0.39 is 36.0 Å². The summed E-state index contributed by atoms with van der Waals surface area (Å²) in [5.41, 5.74) is 1.94. The van der Waals surface area contributed by atoms with Crippen LogP contribution in [0.1, 0.15) is 103 Å². The van der Waals surface area contributed by atoms with Crippen molar-refractivity contribution in [2.45, 2.75) is 121 Å². The van der Waals surface area contributed by atoms with E-state index in [0.717, 1.165) is 36.9 Å². The maximum absolute atomic E-state index is 14.1. The normalized spacial score (nSPS) is 26.5. The van der Waals surface area contributed by atoms with E-state index in [1.54, 1.807) is 17.1 Å². The van der Waals surface area contributed by atoms with Gasteiger partial charge in [0.1, 0.15) is 30.0 Å². The predicted octanol–water partition coefficient (Wildman–Crippen LogP) is 3.37. The molecular weight excluding hydrogens is 574 g/mol. The van der Waals surface area contributed by atoms with Gasteiger partial charge in [-0.3, -0.25) is 33.9 Å². The van der Waals surface area contributed by atoms with Crippen LogP contribution in [0.25, 0.3) is 0 Å². The zero-order chi connectivity index (χ0) is 32.5. The number of hydrogen-bond donors (Lipinski definition) is 3. The van der Waals surface area contributed by atoms with Crippen LogP contribution in [0, 0.1) is 5.92 Å². The Morgan fingerprint density at radius 2 is 1.69 bits per heavy atom. The molecule has 0 aliphatic carbocycles. The maximum Gasteiger partial charge on any atom is 0.246 e. The number of carbonyl (C=O) groups is 5. The molecule has 3 aliphatic rings. The summed E-state index contributed by atoms with van der Waals surface area (Å²) < 4.78 is 0. The van der Waals surface area contributed by atoms with Crippen LogP contribution in [0.5, 0.6) is 0 Å². The average molecular weight is 626 g/mol. The zero-order valence-electron chi connectivity index (χ0n) is 27.3. The lowest BCUT2D eigenvalue weighted by atomic mass is 9.91. The van der Waals surface area contributed by atoms with Gasteiger partial charge in [-0.1, -0.05) is 58.2 Å². The van der Waals surface area contributed by atoms with Crippen LogP contribution in [0.2, 0.25) is 0 Å². The lowest BCUT2D eigenvalue weighted by Gasteiger charge is -2.39. The largest absolute Gasteiger partial charge is 0.343 e. The maximum atomic E-state index is 14.1. The molecule has 4 rings (SSSR count). The van der Waals surface area contributed by atoms with Gasteiger partial charge in [0.05, 0.1) is 19.3 Å². The number of para-hydroxylation sites is 1. The molecular formula is C34H51N5O6. The topological polar surface area (TPSA) is 137 Å². The Labute approximate surface area is 267 Å². The van der Waals surface area contributed by atoms with Gasteiger partial charge in [0.2, 0.25) is 23.6 Å². The number of nitrogens with zero attached hydrogens (tertiary/aromatic N) is 2. The first kappa shape index (κ1) is 34.4. The second-order valence-corrected chi connectivity index (χ2v) is 12.8. The van der Waals surface area contributed by atoms with Crippen molar-refractivity contribution in [3.8, 4) is 0 Å². The highest BCUT2D eigenvalue weighted by Crippen LogP contribution is 2.38. The van der Waals surface area contributed by atoms with Gasteiger partial charge in [0, 0.05) is 25.3 Å². The molecule has 0 aromatic heterocycles. The van der Waals surface area contributed by atoms with E-state index in [1.807, 2.05) is 45.0 Å². The van der Waals surface area contributed by atoms with E-state index >= 15 is 0 Å². The third-order valence-corrected chi connectivity index (χ3v) is 9.75. The molecule has 0 bridgehead atoms. The fourth-order valence-corrected chi connectivity index (χ4v) is 6.76. The Kier molecular flexibility index (Phi) is 12.4. The Morgan fingerprint density at radius 1 is 0.956 bits per heavy atom. The number of amides is 4. The standard InChI is InChI=1S/C34H51N5O6/c1-5-22(3)30-34(44)38-19-13-12-18-29(38)33(43)35-26(16-9-7-8-14-24(40)6-2)31(41)36-27(32(42)37-30)20-23-21-39(45-4)28-17-11-10-15-25(23)28/h10-11,15,17,22-23,26-27,29-30H,5-9,12-14,16,18-21H2,1-4H3,(H,35,43)(H,36,41)(H,37,42)/t22?,23?,26-,27-,29+,30-/m0/s1. The zero-order valence-corrected chi connectivity index (χ0v) is 27.3. The fraction of sp³-hybridized carbons (Fsp3) is 0.676. The first-order chi connectivity index (χ1) is 21.7. The molecule has 6 atom stereocenters. The van der Waals surface area contributed by atoms with Crippen molar-refractivity contribution in [1.29, 1.82) is 0 Å². The van der Waals surface area contributed by atoms with Crippen molar-refractivity contribution in [3.05, 3.63) is 29.8 Å². The quantitative estimate of drug-likeness (QED) is 0.303. The second kappa shape index (κ2) is 16.2. The van der Waals surface area contributed by atoms with E-state index in [9.17, 15) is 24.0 Å². The molecule has 0 saturated carbocycles. The first-order valence-electron chi connectivity index (χ1n) is 16.8. The fourth-order valence-electron chi connectivity index (χ4n) is 6.76. The van der Waals surface area contributed by atoms with Crippen LogP contribution in [0.15, 0.2) is 24.3 Å². The van der Waals surface area contributed by atoms with Crippen molar-refractivity contribution < 1.29 is 28.8 Å². The molecule has 2 unspecified atom stereocenters. The van der Waals surface area contributed by atoms with Gasteiger partial charge in [-0.05, 0) is 56.1 Å². The number of Topliss-reactive ketones (excluding diaryl/α,β-unsaturated/α-hetero) is 1. The lowest BCUT2D eigenvalue weighted by Crippen LogP contribution is -2.64. The predicted molar refractivity (Wildman–Crippen MR) is 171 cm³/mol. The third kappa shape index (κ3) is 8.42. The Morgan fingerprint density at radius 3 is 2.42 bits per heavy atom. The van der Waals surface area contributed by atoms with Crippen LogP contribution in [0.3, 0.4) is 0 Å². The summed E-state index contributed by atoms with van der Waals surface area (Å²) >= 11 is 0. The van der Waals surface area contributed by atoms with Gasteiger partial charge in [0.15, 0.2) is 0 Å². The molecule has 248 valence electrons. The molecule has 45 heavy (non-hydrogen) atoms. The van der Waals surface area contributed by atoms with Gasteiger partial charge < -0.3 is 20.9 Å². The van der Waals surface area contributed by atoms with Crippen LogP contribution in [-0.4, -0.2) is 78.7 Å². The number of carbonyl (C=O) groups excluding carboxylic acids is 5. The van der Waals surface area contributed by atoms with Crippen molar-refractivity contribution >= 4 is 35.1 Å². The SMILES string of the molecule is CCC(=O)CCCCC[C@@H]1NC(=O)[C@H]2CCCCN2C(=O)[C@H](C(C)CC)NC(=O)[C@H](CC2CN(OC)c3ccccc32)NC1=O. The molecule has 1 aromatic carbocycles. The number of unbranched alkanes of at least 4 members (excludes halogenated alkanes) is 2. The van der Waals surface area contributed by atoms with E-state index in [2.05, 4.69) is 16.0 Å². The van der Waals surface area contributed by atoms with Gasteiger partial charge in [-0.2, -0.15) is 0 Å². The van der Waals surface area contributed by atoms with Crippen LogP contribution in [0.4, 0.5) is 5.69 Å². The minimum atomic E-state index is -0.940. The summed E-state index contributed by atoms with van der Waals surface area (Å²) in [4.78, 5) is 74.7. The van der Waals surface area contributed by atoms with E-state index in [4.69, 9.17) is 4.84 Å². The molecule has 2 fully saturated rings.